The first-order valence-electron chi connectivity index (χ1n) is 7.98. The van der Waals surface area contributed by atoms with E-state index in [2.05, 4.69) is 44.3 Å². The molecule has 2 aromatic rings. The van der Waals surface area contributed by atoms with Gasteiger partial charge >= 0.3 is 0 Å². The Balaban J connectivity index is 1.86. The summed E-state index contributed by atoms with van der Waals surface area (Å²) in [6.07, 6.45) is 3.44. The third-order valence-corrected chi connectivity index (χ3v) is 4.34. The number of carbonyl (C=O) groups is 1. The number of carbonyl (C=O) groups excluding carboxylic acids is 1. The molecule has 2 heteroatoms. The van der Waals surface area contributed by atoms with Crippen LogP contribution >= 0.6 is 0 Å². The van der Waals surface area contributed by atoms with E-state index in [9.17, 15) is 4.79 Å². The Morgan fingerprint density at radius 1 is 1.00 bits per heavy atom. The maximum atomic E-state index is 12.6. The van der Waals surface area contributed by atoms with E-state index >= 15 is 0 Å². The zero-order chi connectivity index (χ0) is 15.7. The maximum Gasteiger partial charge on any atom is 0.255 e. The fourth-order valence-electron chi connectivity index (χ4n) is 3.15. The lowest BCUT2D eigenvalue weighted by molar-refractivity contribution is 0.102. The van der Waals surface area contributed by atoms with Gasteiger partial charge in [0.15, 0.2) is 0 Å². The molecule has 0 aromatic heterocycles. The Hall–Kier alpha value is -2.09. The van der Waals surface area contributed by atoms with Crippen LogP contribution in [0, 0.1) is 0 Å². The van der Waals surface area contributed by atoms with E-state index in [-0.39, 0.29) is 11.3 Å². The summed E-state index contributed by atoms with van der Waals surface area (Å²) in [5.74, 6) is -0.0219. The minimum atomic E-state index is -0.0219. The minimum Gasteiger partial charge on any atom is -0.322 e. The predicted octanol–water partition coefficient (Wildman–Crippen LogP) is 4.73. The first-order chi connectivity index (χ1) is 10.4. The molecule has 0 bridgehead atoms. The Bertz CT molecular complexity index is 710. The third kappa shape index (κ3) is 2.92. The lowest BCUT2D eigenvalue weighted by Crippen LogP contribution is -2.18. The van der Waals surface area contributed by atoms with Crippen LogP contribution in [0.25, 0.3) is 0 Å². The highest BCUT2D eigenvalue weighted by Gasteiger charge is 2.19. The average Bonchev–Trinajstić information content (AvgIpc) is 2.94. The Labute approximate surface area is 132 Å². The van der Waals surface area contributed by atoms with Gasteiger partial charge in [-0.3, -0.25) is 4.79 Å². The van der Waals surface area contributed by atoms with Crippen LogP contribution in [0.2, 0.25) is 0 Å². The molecule has 22 heavy (non-hydrogen) atoms. The van der Waals surface area contributed by atoms with Crippen molar-refractivity contribution in [3.8, 4) is 0 Å². The molecule has 0 unspecified atom stereocenters. The van der Waals surface area contributed by atoms with E-state index in [0.29, 0.717) is 0 Å². The summed E-state index contributed by atoms with van der Waals surface area (Å²) in [6, 6.07) is 14.1. The van der Waals surface area contributed by atoms with E-state index < -0.39 is 0 Å². The number of anilines is 1. The number of fused-ring (bicyclic) bond motifs is 1. The second-order valence-electron chi connectivity index (χ2n) is 7.09. The average molecular weight is 293 g/mol. The molecule has 1 N–H and O–H groups in total. The van der Waals surface area contributed by atoms with Gasteiger partial charge in [-0.15, -0.1) is 0 Å². The van der Waals surface area contributed by atoms with Crippen molar-refractivity contribution >= 4 is 11.6 Å². The van der Waals surface area contributed by atoms with Crippen LogP contribution in [0.15, 0.2) is 42.5 Å². The standard InChI is InChI=1S/C20H23NO/c1-20(2,3)17-9-4-5-10-18(17)21-19(22)16-12-11-14-7-6-8-15(14)13-16/h4-5,9-13H,6-8H2,1-3H3,(H,21,22). The van der Waals surface area contributed by atoms with E-state index in [1.54, 1.807) is 0 Å². The Kier molecular flexibility index (Phi) is 3.78. The molecule has 1 aliphatic carbocycles. The predicted molar refractivity (Wildman–Crippen MR) is 91.6 cm³/mol. The second kappa shape index (κ2) is 5.60. The fraction of sp³-hybridized carbons (Fsp3) is 0.350. The molecule has 0 radical (unpaired) electrons. The molecular weight excluding hydrogens is 270 g/mol. The number of hydrogen-bond donors (Lipinski definition) is 1. The quantitative estimate of drug-likeness (QED) is 0.852. The van der Waals surface area contributed by atoms with E-state index in [4.69, 9.17) is 0 Å². The number of para-hydroxylation sites is 1. The smallest absolute Gasteiger partial charge is 0.255 e. The largest absolute Gasteiger partial charge is 0.322 e. The number of hydrogen-bond acceptors (Lipinski definition) is 1. The van der Waals surface area contributed by atoms with Crippen molar-refractivity contribution in [3.05, 3.63) is 64.7 Å². The first-order valence-corrected chi connectivity index (χ1v) is 7.98. The van der Waals surface area contributed by atoms with Crippen molar-refractivity contribution < 1.29 is 4.79 Å². The monoisotopic (exact) mass is 293 g/mol. The van der Waals surface area contributed by atoms with Crippen LogP contribution in [0.1, 0.15) is 54.2 Å². The van der Waals surface area contributed by atoms with Crippen molar-refractivity contribution in [1.29, 1.82) is 0 Å². The topological polar surface area (TPSA) is 29.1 Å². The van der Waals surface area contributed by atoms with E-state index in [0.717, 1.165) is 29.7 Å². The summed E-state index contributed by atoms with van der Waals surface area (Å²) in [7, 11) is 0. The highest BCUT2D eigenvalue weighted by Crippen LogP contribution is 2.30. The van der Waals surface area contributed by atoms with Gasteiger partial charge in [-0.1, -0.05) is 45.0 Å². The minimum absolute atomic E-state index is 0.00179. The highest BCUT2D eigenvalue weighted by molar-refractivity contribution is 6.05. The van der Waals surface area contributed by atoms with Crippen LogP contribution in [0.4, 0.5) is 5.69 Å². The molecule has 114 valence electrons. The van der Waals surface area contributed by atoms with E-state index in [1.165, 1.54) is 17.5 Å². The molecule has 0 spiro atoms. The molecular formula is C20H23NO. The molecule has 1 aliphatic rings. The number of nitrogens with one attached hydrogen (secondary N) is 1. The van der Waals surface area contributed by atoms with Gasteiger partial charge in [0.25, 0.3) is 5.91 Å². The number of amides is 1. The van der Waals surface area contributed by atoms with Crippen LogP contribution in [-0.4, -0.2) is 5.91 Å². The molecule has 0 heterocycles. The number of aryl methyl sites for hydroxylation is 2. The van der Waals surface area contributed by atoms with Gasteiger partial charge in [0.2, 0.25) is 0 Å². The van der Waals surface area contributed by atoms with Crippen LogP contribution in [0.5, 0.6) is 0 Å². The van der Waals surface area contributed by atoms with Gasteiger partial charge in [0, 0.05) is 11.3 Å². The van der Waals surface area contributed by atoms with Crippen molar-refractivity contribution in [2.45, 2.75) is 45.4 Å². The summed E-state index contributed by atoms with van der Waals surface area (Å²) < 4.78 is 0. The van der Waals surface area contributed by atoms with Gasteiger partial charge in [0.05, 0.1) is 0 Å². The van der Waals surface area contributed by atoms with Crippen molar-refractivity contribution in [2.24, 2.45) is 0 Å². The molecule has 0 saturated carbocycles. The van der Waals surface area contributed by atoms with Gasteiger partial charge in [-0.2, -0.15) is 0 Å². The Morgan fingerprint density at radius 2 is 1.73 bits per heavy atom. The molecule has 3 rings (SSSR count). The van der Waals surface area contributed by atoms with Crippen molar-refractivity contribution in [3.63, 3.8) is 0 Å². The molecule has 0 atom stereocenters. The molecule has 0 aliphatic heterocycles. The third-order valence-electron chi connectivity index (χ3n) is 4.34. The van der Waals surface area contributed by atoms with Crippen LogP contribution in [0.3, 0.4) is 0 Å². The zero-order valence-corrected chi connectivity index (χ0v) is 13.6. The lowest BCUT2D eigenvalue weighted by Gasteiger charge is -2.23. The molecule has 2 aromatic carbocycles. The SMILES string of the molecule is CC(C)(C)c1ccccc1NC(=O)c1ccc2c(c1)CCC2. The van der Waals surface area contributed by atoms with Gasteiger partial charge < -0.3 is 5.32 Å². The van der Waals surface area contributed by atoms with Crippen molar-refractivity contribution in [2.75, 3.05) is 5.32 Å². The maximum absolute atomic E-state index is 12.6. The fourth-order valence-corrected chi connectivity index (χ4v) is 3.15. The zero-order valence-electron chi connectivity index (χ0n) is 13.6. The van der Waals surface area contributed by atoms with Gasteiger partial charge in [-0.25, -0.2) is 0 Å². The molecule has 1 amide bonds. The summed E-state index contributed by atoms with van der Waals surface area (Å²) >= 11 is 0. The highest BCUT2D eigenvalue weighted by atomic mass is 16.1. The molecule has 0 fully saturated rings. The Morgan fingerprint density at radius 3 is 2.50 bits per heavy atom. The van der Waals surface area contributed by atoms with Crippen LogP contribution < -0.4 is 5.32 Å². The molecule has 2 nitrogen and oxygen atoms in total. The summed E-state index contributed by atoms with van der Waals surface area (Å²) in [5, 5.41) is 3.09. The summed E-state index contributed by atoms with van der Waals surface area (Å²) in [5.41, 5.74) is 5.54. The van der Waals surface area contributed by atoms with Gasteiger partial charge in [0.1, 0.15) is 0 Å². The summed E-state index contributed by atoms with van der Waals surface area (Å²) in [6.45, 7) is 6.48. The number of benzene rings is 2. The molecule has 0 saturated heterocycles. The second-order valence-corrected chi connectivity index (χ2v) is 7.09. The van der Waals surface area contributed by atoms with Crippen LogP contribution in [-0.2, 0) is 18.3 Å². The van der Waals surface area contributed by atoms with Gasteiger partial charge in [-0.05, 0) is 59.6 Å². The van der Waals surface area contributed by atoms with E-state index in [1.807, 2.05) is 24.3 Å². The normalized spacial score (nSPS) is 13.8. The first kappa shape index (κ1) is 14.8. The number of rotatable bonds is 2. The van der Waals surface area contributed by atoms with Crippen molar-refractivity contribution in [1.82, 2.24) is 0 Å². The summed E-state index contributed by atoms with van der Waals surface area (Å²) in [4.78, 5) is 12.6. The lowest BCUT2D eigenvalue weighted by atomic mass is 9.86.